The molecule has 8 nitrogen and oxygen atoms in total. The first-order valence-corrected chi connectivity index (χ1v) is 12.8. The van der Waals surface area contributed by atoms with Gasteiger partial charge in [-0.25, -0.2) is 25.1 Å². The molecule has 1 atom stereocenters. The molecular formula is C26H31N5O3S. The standard InChI is InChI=1S/C26H31N5O3S/c1-16-29-23(30-34-16)19-6-5-17-7-9-27-24(20(17)13-19)28-10-12-31-11-8-18-14-21(35-22(18)15-31)25(32)33-26(2,3)4/h5-7,9,13-14,16H,8,10-12,15H2,1-4H3,(H,27,28)(H,29,30). The number of benzene rings is 1. The zero-order valence-electron chi connectivity index (χ0n) is 20.6. The Morgan fingerprint density at radius 2 is 2.17 bits per heavy atom. The van der Waals surface area contributed by atoms with Gasteiger partial charge in [-0.3, -0.25) is 4.90 Å². The van der Waals surface area contributed by atoms with Crippen LogP contribution in [0.5, 0.6) is 0 Å². The maximum atomic E-state index is 12.5. The van der Waals surface area contributed by atoms with E-state index in [2.05, 4.69) is 37.8 Å². The molecule has 1 unspecified atom stereocenters. The summed E-state index contributed by atoms with van der Waals surface area (Å²) in [6.45, 7) is 11.1. The third-order valence-electron chi connectivity index (χ3n) is 5.96. The summed E-state index contributed by atoms with van der Waals surface area (Å²) in [5.41, 5.74) is 4.65. The predicted molar refractivity (Wildman–Crippen MR) is 139 cm³/mol. The number of esters is 1. The van der Waals surface area contributed by atoms with Crippen LogP contribution in [0.15, 0.2) is 41.5 Å². The van der Waals surface area contributed by atoms with Crippen LogP contribution in [0.3, 0.4) is 0 Å². The molecule has 0 aliphatic carbocycles. The number of anilines is 1. The van der Waals surface area contributed by atoms with Gasteiger partial charge in [0.05, 0.1) is 0 Å². The number of aromatic nitrogens is 1. The number of fused-ring (bicyclic) bond motifs is 2. The van der Waals surface area contributed by atoms with Gasteiger partial charge in [0.15, 0.2) is 12.1 Å². The van der Waals surface area contributed by atoms with Gasteiger partial charge in [0.25, 0.3) is 0 Å². The van der Waals surface area contributed by atoms with Gasteiger partial charge in [0, 0.05) is 48.2 Å². The minimum absolute atomic E-state index is 0.194. The number of pyridine rings is 1. The summed E-state index contributed by atoms with van der Waals surface area (Å²) in [6, 6.07) is 10.2. The van der Waals surface area contributed by atoms with Gasteiger partial charge in [-0.05, 0) is 63.3 Å². The normalized spacial score (nSPS) is 18.2. The Labute approximate surface area is 209 Å². The fourth-order valence-electron chi connectivity index (χ4n) is 4.29. The molecule has 2 aromatic heterocycles. The van der Waals surface area contributed by atoms with E-state index in [4.69, 9.17) is 9.57 Å². The number of nitrogens with one attached hydrogen (secondary N) is 2. The van der Waals surface area contributed by atoms with Gasteiger partial charge in [0.2, 0.25) is 0 Å². The molecule has 0 bridgehead atoms. The zero-order chi connectivity index (χ0) is 24.6. The van der Waals surface area contributed by atoms with Crippen molar-refractivity contribution in [2.24, 2.45) is 4.99 Å². The first kappa shape index (κ1) is 23.7. The van der Waals surface area contributed by atoms with Crippen molar-refractivity contribution in [3.05, 3.63) is 57.4 Å². The number of hydroxylamine groups is 1. The van der Waals surface area contributed by atoms with Crippen molar-refractivity contribution < 1.29 is 14.4 Å². The van der Waals surface area contributed by atoms with Crippen LogP contribution in [0.4, 0.5) is 5.82 Å². The number of hydrogen-bond donors (Lipinski definition) is 2. The van der Waals surface area contributed by atoms with Gasteiger partial charge < -0.3 is 10.1 Å². The number of thiophene rings is 1. The summed E-state index contributed by atoms with van der Waals surface area (Å²) in [5, 5.41) is 5.69. The Morgan fingerprint density at radius 1 is 1.31 bits per heavy atom. The van der Waals surface area contributed by atoms with Crippen LogP contribution in [0.25, 0.3) is 10.8 Å². The Balaban J connectivity index is 1.22. The average molecular weight is 494 g/mol. The van der Waals surface area contributed by atoms with E-state index in [0.717, 1.165) is 60.6 Å². The number of carbonyl (C=O) groups is 1. The number of ether oxygens (including phenoxy) is 1. The summed E-state index contributed by atoms with van der Waals surface area (Å²) < 4.78 is 5.55. The van der Waals surface area contributed by atoms with E-state index >= 15 is 0 Å². The van der Waals surface area contributed by atoms with Crippen LogP contribution in [0.2, 0.25) is 0 Å². The summed E-state index contributed by atoms with van der Waals surface area (Å²) in [4.78, 5) is 31.2. The molecule has 0 fully saturated rings. The number of nitrogens with zero attached hydrogens (tertiary/aromatic N) is 3. The van der Waals surface area contributed by atoms with Crippen LogP contribution in [-0.2, 0) is 22.5 Å². The van der Waals surface area contributed by atoms with Crippen LogP contribution in [-0.4, -0.2) is 53.2 Å². The number of amidine groups is 1. The molecule has 1 aromatic carbocycles. The molecule has 184 valence electrons. The molecule has 35 heavy (non-hydrogen) atoms. The van der Waals surface area contributed by atoms with Crippen molar-refractivity contribution >= 4 is 39.7 Å². The van der Waals surface area contributed by atoms with E-state index < -0.39 is 5.60 Å². The maximum Gasteiger partial charge on any atom is 0.348 e. The fourth-order valence-corrected chi connectivity index (χ4v) is 5.42. The van der Waals surface area contributed by atoms with Gasteiger partial charge in [0.1, 0.15) is 16.3 Å². The second-order valence-electron chi connectivity index (χ2n) is 9.91. The molecule has 0 radical (unpaired) electrons. The Morgan fingerprint density at radius 3 is 2.94 bits per heavy atom. The first-order chi connectivity index (χ1) is 16.7. The minimum Gasteiger partial charge on any atom is -0.456 e. The average Bonchev–Trinajstić information content (AvgIpc) is 3.44. The number of hydrogen-bond acceptors (Lipinski definition) is 9. The van der Waals surface area contributed by atoms with Crippen molar-refractivity contribution in [1.82, 2.24) is 15.4 Å². The Hall–Kier alpha value is -3.01. The van der Waals surface area contributed by atoms with Crippen molar-refractivity contribution in [1.29, 1.82) is 0 Å². The van der Waals surface area contributed by atoms with Crippen molar-refractivity contribution in [2.75, 3.05) is 25.0 Å². The lowest BCUT2D eigenvalue weighted by Crippen LogP contribution is -2.33. The molecule has 0 amide bonds. The Kier molecular flexibility index (Phi) is 6.48. The molecule has 0 saturated heterocycles. The molecule has 9 heteroatoms. The predicted octanol–water partition coefficient (Wildman–Crippen LogP) is 4.35. The van der Waals surface area contributed by atoms with Crippen LogP contribution in [0, 0.1) is 0 Å². The molecule has 0 saturated carbocycles. The van der Waals surface area contributed by atoms with E-state index in [0.29, 0.717) is 4.88 Å². The zero-order valence-corrected chi connectivity index (χ0v) is 21.4. The second-order valence-corrected chi connectivity index (χ2v) is 11.0. The maximum absolute atomic E-state index is 12.5. The quantitative estimate of drug-likeness (QED) is 0.494. The van der Waals surface area contributed by atoms with Crippen LogP contribution in [0.1, 0.15) is 53.4 Å². The summed E-state index contributed by atoms with van der Waals surface area (Å²) >= 11 is 1.56. The van der Waals surface area contributed by atoms with Crippen molar-refractivity contribution in [3.63, 3.8) is 0 Å². The van der Waals surface area contributed by atoms with Crippen molar-refractivity contribution in [3.8, 4) is 0 Å². The topological polar surface area (TPSA) is 88.1 Å². The van der Waals surface area contributed by atoms with Crippen LogP contribution >= 0.6 is 11.3 Å². The smallest absolute Gasteiger partial charge is 0.348 e. The summed E-state index contributed by atoms with van der Waals surface area (Å²) in [6.07, 6.45) is 2.58. The number of carbonyl (C=O) groups excluding carboxylic acids is 1. The minimum atomic E-state index is -0.483. The molecule has 2 aliphatic heterocycles. The van der Waals surface area contributed by atoms with Gasteiger partial charge in [-0.15, -0.1) is 11.3 Å². The SMILES string of the molecule is CC1N=C(c2ccc3ccnc(NCCN4CCc5cc(C(=O)OC(C)(C)C)sc5C4)c3c2)NO1. The highest BCUT2D eigenvalue weighted by Gasteiger charge is 2.24. The van der Waals surface area contributed by atoms with E-state index in [1.807, 2.05) is 52.1 Å². The van der Waals surface area contributed by atoms with Gasteiger partial charge >= 0.3 is 5.97 Å². The molecule has 2 N–H and O–H groups in total. The van der Waals surface area contributed by atoms with E-state index in [1.165, 1.54) is 10.4 Å². The Bertz CT molecular complexity index is 1280. The molecule has 4 heterocycles. The lowest BCUT2D eigenvalue weighted by atomic mass is 10.1. The van der Waals surface area contributed by atoms with Crippen LogP contribution < -0.4 is 10.8 Å². The molecule has 3 aromatic rings. The number of rotatable bonds is 6. The molecular weight excluding hydrogens is 462 g/mol. The molecule has 0 spiro atoms. The second kappa shape index (κ2) is 9.56. The highest BCUT2D eigenvalue weighted by atomic mass is 32.1. The number of aliphatic imine (C=N–C) groups is 1. The fraction of sp³-hybridized carbons (Fsp3) is 0.423. The highest BCUT2D eigenvalue weighted by molar-refractivity contribution is 7.14. The third-order valence-corrected chi connectivity index (χ3v) is 7.10. The van der Waals surface area contributed by atoms with Crippen molar-refractivity contribution in [2.45, 2.75) is 52.5 Å². The molecule has 5 rings (SSSR count). The summed E-state index contributed by atoms with van der Waals surface area (Å²) in [5.74, 6) is 1.37. The molecule has 2 aliphatic rings. The lowest BCUT2D eigenvalue weighted by Gasteiger charge is -2.26. The largest absolute Gasteiger partial charge is 0.456 e. The van der Waals surface area contributed by atoms with E-state index in [-0.39, 0.29) is 12.2 Å². The van der Waals surface area contributed by atoms with E-state index in [1.54, 1.807) is 11.3 Å². The monoisotopic (exact) mass is 493 g/mol. The summed E-state index contributed by atoms with van der Waals surface area (Å²) in [7, 11) is 0. The van der Waals surface area contributed by atoms with Gasteiger partial charge in [-0.1, -0.05) is 12.1 Å². The van der Waals surface area contributed by atoms with Gasteiger partial charge in [-0.2, -0.15) is 0 Å². The third kappa shape index (κ3) is 5.47. The lowest BCUT2D eigenvalue weighted by molar-refractivity contribution is 0.00751. The first-order valence-electron chi connectivity index (χ1n) is 11.9. The highest BCUT2D eigenvalue weighted by Crippen LogP contribution is 2.30. The van der Waals surface area contributed by atoms with E-state index in [9.17, 15) is 4.79 Å².